The molecule has 3 nitrogen and oxygen atoms in total. The van der Waals surface area contributed by atoms with Crippen LogP contribution in [0.15, 0.2) is 29.4 Å². The van der Waals surface area contributed by atoms with Crippen molar-refractivity contribution in [3.8, 4) is 0 Å². The van der Waals surface area contributed by atoms with Crippen LogP contribution in [0.2, 0.25) is 5.02 Å². The SMILES string of the molecule is NC(=S)N(CC1CC1)/N=C/c1ccccc1Cl. The zero-order valence-electron chi connectivity index (χ0n) is 9.34. The molecule has 1 fully saturated rings. The quantitative estimate of drug-likeness (QED) is 0.518. The molecule has 1 aliphatic rings. The number of hydrogen-bond donors (Lipinski definition) is 1. The molecule has 0 saturated heterocycles. The number of rotatable bonds is 4. The van der Waals surface area contributed by atoms with E-state index in [2.05, 4.69) is 5.10 Å². The second-order valence-electron chi connectivity index (χ2n) is 4.13. The Balaban J connectivity index is 2.06. The minimum atomic E-state index is 0.306. The van der Waals surface area contributed by atoms with E-state index in [0.29, 0.717) is 16.1 Å². The van der Waals surface area contributed by atoms with Gasteiger partial charge in [0.25, 0.3) is 0 Å². The Morgan fingerprint density at radius 2 is 2.24 bits per heavy atom. The molecule has 5 heteroatoms. The van der Waals surface area contributed by atoms with Crippen molar-refractivity contribution in [3.63, 3.8) is 0 Å². The fraction of sp³-hybridized carbons (Fsp3) is 0.333. The van der Waals surface area contributed by atoms with Crippen LogP contribution < -0.4 is 5.73 Å². The first-order chi connectivity index (χ1) is 8.16. The predicted molar refractivity (Wildman–Crippen MR) is 75.3 cm³/mol. The molecule has 0 unspecified atom stereocenters. The standard InChI is InChI=1S/C12H14ClN3S/c13-11-4-2-1-3-10(11)7-15-16(12(14)17)8-9-5-6-9/h1-4,7,9H,5-6,8H2,(H2,14,17)/b15-7+. The molecule has 0 heterocycles. The molecule has 0 atom stereocenters. The molecule has 0 radical (unpaired) electrons. The average Bonchev–Trinajstić information content (AvgIpc) is 3.09. The Bertz CT molecular complexity index is 443. The van der Waals surface area contributed by atoms with Gasteiger partial charge in [-0.2, -0.15) is 5.10 Å². The van der Waals surface area contributed by atoms with E-state index >= 15 is 0 Å². The lowest BCUT2D eigenvalue weighted by atomic mass is 10.2. The third-order valence-corrected chi connectivity index (χ3v) is 3.18. The average molecular weight is 268 g/mol. The zero-order valence-corrected chi connectivity index (χ0v) is 10.9. The van der Waals surface area contributed by atoms with E-state index in [-0.39, 0.29) is 0 Å². The largest absolute Gasteiger partial charge is 0.375 e. The van der Waals surface area contributed by atoms with E-state index in [1.165, 1.54) is 12.8 Å². The Hall–Kier alpha value is -1.13. The van der Waals surface area contributed by atoms with Crippen LogP contribution >= 0.6 is 23.8 Å². The molecule has 0 amide bonds. The van der Waals surface area contributed by atoms with Crippen LogP contribution in [0, 0.1) is 5.92 Å². The summed E-state index contributed by atoms with van der Waals surface area (Å²) in [4.78, 5) is 0. The third-order valence-electron chi connectivity index (χ3n) is 2.62. The summed E-state index contributed by atoms with van der Waals surface area (Å²) in [6.07, 6.45) is 4.17. The fourth-order valence-electron chi connectivity index (χ4n) is 1.45. The van der Waals surface area contributed by atoms with Gasteiger partial charge in [-0.25, -0.2) is 5.01 Å². The van der Waals surface area contributed by atoms with E-state index < -0.39 is 0 Å². The first-order valence-electron chi connectivity index (χ1n) is 5.52. The highest BCUT2D eigenvalue weighted by atomic mass is 35.5. The molecular formula is C12H14ClN3S. The first kappa shape index (κ1) is 12.3. The van der Waals surface area contributed by atoms with Crippen LogP contribution in [0.5, 0.6) is 0 Å². The number of halogens is 1. The summed E-state index contributed by atoms with van der Waals surface area (Å²) < 4.78 is 0. The maximum Gasteiger partial charge on any atom is 0.186 e. The molecule has 1 saturated carbocycles. The molecule has 1 aromatic carbocycles. The molecule has 0 bridgehead atoms. The van der Waals surface area contributed by atoms with Crippen molar-refractivity contribution < 1.29 is 0 Å². The van der Waals surface area contributed by atoms with Crippen LogP contribution in [0.3, 0.4) is 0 Å². The number of hydrogen-bond acceptors (Lipinski definition) is 2. The lowest BCUT2D eigenvalue weighted by Crippen LogP contribution is -2.32. The van der Waals surface area contributed by atoms with Crippen molar-refractivity contribution in [2.24, 2.45) is 16.8 Å². The van der Waals surface area contributed by atoms with Gasteiger partial charge in [-0.1, -0.05) is 29.8 Å². The van der Waals surface area contributed by atoms with E-state index in [1.807, 2.05) is 24.3 Å². The summed E-state index contributed by atoms with van der Waals surface area (Å²) in [7, 11) is 0. The number of benzene rings is 1. The fourth-order valence-corrected chi connectivity index (χ4v) is 1.76. The summed E-state index contributed by atoms with van der Waals surface area (Å²) in [6.45, 7) is 0.802. The van der Waals surface area contributed by atoms with Gasteiger partial charge in [0.2, 0.25) is 0 Å². The van der Waals surface area contributed by atoms with Gasteiger partial charge in [0, 0.05) is 17.1 Å². The van der Waals surface area contributed by atoms with Gasteiger partial charge >= 0.3 is 0 Å². The maximum atomic E-state index is 6.03. The molecule has 17 heavy (non-hydrogen) atoms. The summed E-state index contributed by atoms with van der Waals surface area (Å²) >= 11 is 11.0. The number of nitrogens with two attached hydrogens (primary N) is 1. The van der Waals surface area contributed by atoms with Crippen molar-refractivity contribution in [2.75, 3.05) is 6.54 Å². The van der Waals surface area contributed by atoms with Gasteiger partial charge in [-0.05, 0) is 37.0 Å². The van der Waals surface area contributed by atoms with Crippen molar-refractivity contribution in [2.45, 2.75) is 12.8 Å². The maximum absolute atomic E-state index is 6.03. The first-order valence-corrected chi connectivity index (χ1v) is 6.31. The Labute approximate surface area is 111 Å². The van der Waals surface area contributed by atoms with Gasteiger partial charge in [0.05, 0.1) is 6.21 Å². The van der Waals surface area contributed by atoms with Gasteiger partial charge < -0.3 is 5.73 Å². The molecule has 2 N–H and O–H groups in total. The minimum absolute atomic E-state index is 0.306. The van der Waals surface area contributed by atoms with E-state index in [4.69, 9.17) is 29.6 Å². The Kier molecular flexibility index (Phi) is 3.97. The lowest BCUT2D eigenvalue weighted by Gasteiger charge is -2.16. The molecule has 1 aliphatic carbocycles. The molecular weight excluding hydrogens is 254 g/mol. The highest BCUT2D eigenvalue weighted by Gasteiger charge is 2.24. The summed E-state index contributed by atoms with van der Waals surface area (Å²) in [5.74, 6) is 0.680. The van der Waals surface area contributed by atoms with Crippen molar-refractivity contribution >= 4 is 35.1 Å². The van der Waals surface area contributed by atoms with E-state index in [0.717, 1.165) is 12.1 Å². The molecule has 1 aromatic rings. The minimum Gasteiger partial charge on any atom is -0.375 e. The summed E-state index contributed by atoms with van der Waals surface area (Å²) in [5.41, 5.74) is 6.49. The topological polar surface area (TPSA) is 41.6 Å². The van der Waals surface area contributed by atoms with Crippen LogP contribution in [0.25, 0.3) is 0 Å². The van der Waals surface area contributed by atoms with Crippen LogP contribution in [-0.4, -0.2) is 22.9 Å². The van der Waals surface area contributed by atoms with Crippen LogP contribution in [0.4, 0.5) is 0 Å². The molecule has 0 spiro atoms. The second-order valence-corrected chi connectivity index (χ2v) is 4.96. The number of thiocarbonyl (C=S) groups is 1. The van der Waals surface area contributed by atoms with Crippen molar-refractivity contribution in [3.05, 3.63) is 34.9 Å². The Morgan fingerprint density at radius 1 is 1.53 bits per heavy atom. The Morgan fingerprint density at radius 3 is 2.82 bits per heavy atom. The predicted octanol–water partition coefficient (Wildman–Crippen LogP) is 2.63. The van der Waals surface area contributed by atoms with Crippen molar-refractivity contribution in [1.82, 2.24) is 5.01 Å². The summed E-state index contributed by atoms with van der Waals surface area (Å²) in [5, 5.41) is 6.93. The van der Waals surface area contributed by atoms with Gasteiger partial charge in [0.15, 0.2) is 5.11 Å². The zero-order chi connectivity index (χ0) is 12.3. The monoisotopic (exact) mass is 267 g/mol. The third kappa shape index (κ3) is 3.68. The molecule has 2 rings (SSSR count). The van der Waals surface area contributed by atoms with E-state index in [1.54, 1.807) is 11.2 Å². The smallest absolute Gasteiger partial charge is 0.186 e. The van der Waals surface area contributed by atoms with E-state index in [9.17, 15) is 0 Å². The normalized spacial score (nSPS) is 15.1. The lowest BCUT2D eigenvalue weighted by molar-refractivity contribution is 0.427. The molecule has 0 aromatic heterocycles. The van der Waals surface area contributed by atoms with Gasteiger partial charge in [0.1, 0.15) is 0 Å². The molecule has 90 valence electrons. The van der Waals surface area contributed by atoms with Crippen LogP contribution in [-0.2, 0) is 0 Å². The number of hydrazone groups is 1. The highest BCUT2D eigenvalue weighted by molar-refractivity contribution is 7.80. The highest BCUT2D eigenvalue weighted by Crippen LogP contribution is 2.29. The molecule has 0 aliphatic heterocycles. The second kappa shape index (κ2) is 5.47. The summed E-state index contributed by atoms with van der Waals surface area (Å²) in [6, 6.07) is 7.53. The van der Waals surface area contributed by atoms with Crippen LogP contribution in [0.1, 0.15) is 18.4 Å². The van der Waals surface area contributed by atoms with Gasteiger partial charge in [-0.15, -0.1) is 0 Å². The van der Waals surface area contributed by atoms with Crippen molar-refractivity contribution in [1.29, 1.82) is 0 Å². The van der Waals surface area contributed by atoms with Gasteiger partial charge in [-0.3, -0.25) is 0 Å². The number of nitrogens with zero attached hydrogens (tertiary/aromatic N) is 2.